The van der Waals surface area contributed by atoms with Crippen molar-refractivity contribution in [3.63, 3.8) is 0 Å². The highest BCUT2D eigenvalue weighted by atomic mass is 13.9. The fourth-order valence-electron chi connectivity index (χ4n) is 1.21. The van der Waals surface area contributed by atoms with Crippen LogP contribution in [-0.4, -0.2) is 0 Å². The van der Waals surface area contributed by atoms with Crippen molar-refractivity contribution in [2.24, 2.45) is 0 Å². The third-order valence-corrected chi connectivity index (χ3v) is 2.15. The lowest BCUT2D eigenvalue weighted by Gasteiger charge is -1.89. The first-order valence-electron chi connectivity index (χ1n) is 6.36. The number of allylic oxidation sites excluding steroid dienone is 8. The minimum Gasteiger partial charge on any atom is -0.0845 e. The Balaban J connectivity index is 3.45. The Kier molecular flexibility index (Phi) is 13.1. The summed E-state index contributed by atoms with van der Waals surface area (Å²) in [6.45, 7) is 6.01. The van der Waals surface area contributed by atoms with Gasteiger partial charge in [-0.2, -0.15) is 0 Å². The second kappa shape index (κ2) is 14.0. The van der Waals surface area contributed by atoms with E-state index in [0.717, 1.165) is 6.42 Å². The van der Waals surface area contributed by atoms with Crippen LogP contribution in [0.15, 0.2) is 48.6 Å². The molecule has 1 radical (unpaired) electrons. The predicted octanol–water partition coefficient (Wildman–Crippen LogP) is 5.41. The van der Waals surface area contributed by atoms with E-state index in [1.165, 1.54) is 32.1 Å². The summed E-state index contributed by atoms with van der Waals surface area (Å²) >= 11 is 0. The molecule has 0 aliphatic rings. The maximum Gasteiger partial charge on any atom is -0.0348 e. The van der Waals surface area contributed by atoms with Crippen LogP contribution in [0.5, 0.6) is 0 Å². The highest BCUT2D eigenvalue weighted by Crippen LogP contribution is 1.99. The second-order valence-corrected chi connectivity index (χ2v) is 3.76. The molecule has 0 heterocycles. The van der Waals surface area contributed by atoms with E-state index in [4.69, 9.17) is 0 Å². The lowest BCUT2D eigenvalue weighted by molar-refractivity contribution is 0.760. The van der Waals surface area contributed by atoms with Crippen LogP contribution in [0.1, 0.15) is 45.4 Å². The van der Waals surface area contributed by atoms with Crippen LogP contribution >= 0.6 is 0 Å². The van der Waals surface area contributed by atoms with Crippen molar-refractivity contribution < 1.29 is 0 Å². The van der Waals surface area contributed by atoms with Crippen LogP contribution in [0.4, 0.5) is 0 Å². The molecular weight excluding hydrogens is 192 g/mol. The molecule has 0 heteroatoms. The van der Waals surface area contributed by atoms with Crippen molar-refractivity contribution in [3.05, 3.63) is 55.5 Å². The molecule has 0 aromatic heterocycles. The number of hydrogen-bond donors (Lipinski definition) is 0. The summed E-state index contributed by atoms with van der Waals surface area (Å²) in [5.41, 5.74) is 0. The summed E-state index contributed by atoms with van der Waals surface area (Å²) in [5.74, 6) is 0. The molecule has 0 aromatic carbocycles. The van der Waals surface area contributed by atoms with Gasteiger partial charge >= 0.3 is 0 Å². The van der Waals surface area contributed by atoms with Gasteiger partial charge in [0.2, 0.25) is 0 Å². The Morgan fingerprint density at radius 2 is 1.31 bits per heavy atom. The number of unbranched alkanes of at least 4 members (excludes halogenated alkanes) is 4. The standard InChI is InChI=1S/C16H25/c1-3-5-7-9-11-13-15-16-14-12-10-8-6-4-2/h8,10-16H,1,3-7,9H2,2H3/b10-8+,13-11+,14-12+,16-15+. The van der Waals surface area contributed by atoms with E-state index in [0.29, 0.717) is 0 Å². The zero-order chi connectivity index (χ0) is 11.9. The molecule has 0 bridgehead atoms. The lowest BCUT2D eigenvalue weighted by Crippen LogP contribution is -1.69. The van der Waals surface area contributed by atoms with Crippen molar-refractivity contribution in [3.8, 4) is 0 Å². The summed E-state index contributed by atoms with van der Waals surface area (Å²) in [5, 5.41) is 0. The van der Waals surface area contributed by atoms with E-state index >= 15 is 0 Å². The summed E-state index contributed by atoms with van der Waals surface area (Å²) in [6, 6.07) is 0. The molecule has 0 saturated heterocycles. The molecule has 0 aliphatic heterocycles. The highest BCUT2D eigenvalue weighted by Gasteiger charge is 1.79. The van der Waals surface area contributed by atoms with Crippen molar-refractivity contribution in [1.29, 1.82) is 0 Å². The molecule has 0 fully saturated rings. The highest BCUT2D eigenvalue weighted by molar-refractivity contribution is 5.15. The van der Waals surface area contributed by atoms with E-state index in [1.54, 1.807) is 0 Å². The van der Waals surface area contributed by atoms with Crippen LogP contribution in [0.25, 0.3) is 0 Å². The van der Waals surface area contributed by atoms with Gasteiger partial charge in [-0.15, -0.1) is 0 Å². The van der Waals surface area contributed by atoms with Gasteiger partial charge in [0.25, 0.3) is 0 Å². The molecule has 0 amide bonds. The van der Waals surface area contributed by atoms with Crippen molar-refractivity contribution in [2.75, 3.05) is 0 Å². The van der Waals surface area contributed by atoms with Crippen LogP contribution < -0.4 is 0 Å². The third-order valence-electron chi connectivity index (χ3n) is 2.15. The van der Waals surface area contributed by atoms with Crippen LogP contribution in [-0.2, 0) is 0 Å². The van der Waals surface area contributed by atoms with E-state index < -0.39 is 0 Å². The molecule has 0 aliphatic carbocycles. The van der Waals surface area contributed by atoms with Gasteiger partial charge in [0.05, 0.1) is 0 Å². The van der Waals surface area contributed by atoms with Crippen molar-refractivity contribution in [1.82, 2.24) is 0 Å². The molecular formula is C16H25. The first-order chi connectivity index (χ1) is 7.91. The van der Waals surface area contributed by atoms with Crippen LogP contribution in [0, 0.1) is 6.92 Å². The van der Waals surface area contributed by atoms with Gasteiger partial charge in [-0.25, -0.2) is 0 Å². The quantitative estimate of drug-likeness (QED) is 0.358. The topological polar surface area (TPSA) is 0 Å². The van der Waals surface area contributed by atoms with Gasteiger partial charge in [0.15, 0.2) is 0 Å². The zero-order valence-electron chi connectivity index (χ0n) is 10.6. The second-order valence-electron chi connectivity index (χ2n) is 3.76. The molecule has 0 atom stereocenters. The van der Waals surface area contributed by atoms with Gasteiger partial charge in [-0.1, -0.05) is 81.7 Å². The Bertz CT molecular complexity index is 228. The number of rotatable bonds is 9. The van der Waals surface area contributed by atoms with Gasteiger partial charge in [0.1, 0.15) is 0 Å². The van der Waals surface area contributed by atoms with Gasteiger partial charge < -0.3 is 0 Å². The SMILES string of the molecule is [CH2]CCCC/C=C/C=C/C=C/C=C/CCC. The minimum absolute atomic E-state index is 1.05. The van der Waals surface area contributed by atoms with Gasteiger partial charge in [0, 0.05) is 0 Å². The van der Waals surface area contributed by atoms with Gasteiger partial charge in [-0.05, 0) is 19.3 Å². The molecule has 0 unspecified atom stereocenters. The molecule has 0 aromatic rings. The molecule has 0 N–H and O–H groups in total. The molecule has 0 nitrogen and oxygen atoms in total. The molecule has 16 heavy (non-hydrogen) atoms. The van der Waals surface area contributed by atoms with Crippen molar-refractivity contribution >= 4 is 0 Å². The summed E-state index contributed by atoms with van der Waals surface area (Å²) in [7, 11) is 0. The summed E-state index contributed by atoms with van der Waals surface area (Å²) < 4.78 is 0. The van der Waals surface area contributed by atoms with E-state index in [-0.39, 0.29) is 0 Å². The Morgan fingerprint density at radius 3 is 1.88 bits per heavy atom. The van der Waals surface area contributed by atoms with E-state index in [1.807, 2.05) is 0 Å². The van der Waals surface area contributed by atoms with Gasteiger partial charge in [-0.3, -0.25) is 0 Å². The minimum atomic E-state index is 1.05. The Labute approximate surface area is 101 Å². The molecule has 0 spiro atoms. The monoisotopic (exact) mass is 217 g/mol. The van der Waals surface area contributed by atoms with E-state index in [9.17, 15) is 0 Å². The smallest absolute Gasteiger partial charge is 0.0348 e. The first-order valence-corrected chi connectivity index (χ1v) is 6.36. The lowest BCUT2D eigenvalue weighted by atomic mass is 10.2. The summed E-state index contributed by atoms with van der Waals surface area (Å²) in [6.07, 6.45) is 24.0. The normalized spacial score (nSPS) is 12.9. The summed E-state index contributed by atoms with van der Waals surface area (Å²) in [4.78, 5) is 0. The Hall–Kier alpha value is -1.04. The average Bonchev–Trinajstić information content (AvgIpc) is 2.31. The zero-order valence-corrected chi connectivity index (χ0v) is 10.6. The molecule has 89 valence electrons. The molecule has 0 saturated carbocycles. The molecule has 0 rings (SSSR count). The van der Waals surface area contributed by atoms with Crippen molar-refractivity contribution in [2.45, 2.75) is 45.4 Å². The average molecular weight is 217 g/mol. The first kappa shape index (κ1) is 15.0. The maximum absolute atomic E-state index is 3.82. The predicted molar refractivity (Wildman–Crippen MR) is 75.3 cm³/mol. The largest absolute Gasteiger partial charge is 0.0845 e. The maximum atomic E-state index is 3.82. The third kappa shape index (κ3) is 13.0. The fraction of sp³-hybridized carbons (Fsp3) is 0.438. The van der Waals surface area contributed by atoms with Crippen LogP contribution in [0.3, 0.4) is 0 Å². The fourth-order valence-corrected chi connectivity index (χ4v) is 1.21. The number of hydrogen-bond acceptors (Lipinski definition) is 0. The van der Waals surface area contributed by atoms with E-state index in [2.05, 4.69) is 62.5 Å². The Morgan fingerprint density at radius 1 is 0.750 bits per heavy atom. The van der Waals surface area contributed by atoms with Crippen LogP contribution in [0.2, 0.25) is 0 Å².